The monoisotopic (exact) mass is 376 g/mol. The number of fused-ring (bicyclic) bond motifs is 2. The van der Waals surface area contributed by atoms with Crippen molar-refractivity contribution in [2.75, 3.05) is 12.1 Å². The van der Waals surface area contributed by atoms with Crippen LogP contribution in [0, 0.1) is 0 Å². The highest BCUT2D eigenvalue weighted by atomic mass is 79.9. The van der Waals surface area contributed by atoms with Gasteiger partial charge in [-0.2, -0.15) is 0 Å². The van der Waals surface area contributed by atoms with Gasteiger partial charge in [-0.3, -0.25) is 10.1 Å². The van der Waals surface area contributed by atoms with Gasteiger partial charge in [-0.1, -0.05) is 33.3 Å². The molecule has 2 aromatic carbocycles. The van der Waals surface area contributed by atoms with E-state index in [1.807, 2.05) is 24.3 Å². The predicted octanol–water partition coefficient (Wildman–Crippen LogP) is 4.04. The molecule has 0 spiro atoms. The Bertz CT molecular complexity index is 853. The number of nitrogens with zero attached hydrogens (tertiary/aromatic N) is 1. The molecule has 3 aromatic rings. The summed E-state index contributed by atoms with van der Waals surface area (Å²) in [6.45, 7) is 0.235. The Morgan fingerprint density at radius 1 is 1.23 bits per heavy atom. The highest BCUT2D eigenvalue weighted by Gasteiger charge is 2.17. The molecule has 1 aromatic heterocycles. The van der Waals surface area contributed by atoms with Gasteiger partial charge < -0.3 is 9.47 Å². The average molecular weight is 377 g/mol. The fourth-order valence-corrected chi connectivity index (χ4v) is 3.44. The minimum absolute atomic E-state index is 0.194. The van der Waals surface area contributed by atoms with Crippen molar-refractivity contribution in [1.82, 2.24) is 4.98 Å². The second-order valence-corrected chi connectivity index (χ2v) is 6.60. The van der Waals surface area contributed by atoms with Crippen LogP contribution < -0.4 is 14.8 Å². The zero-order chi connectivity index (χ0) is 15.1. The Morgan fingerprint density at radius 2 is 2.05 bits per heavy atom. The van der Waals surface area contributed by atoms with Crippen molar-refractivity contribution in [2.24, 2.45) is 0 Å². The number of carbonyl (C=O) groups excluding carboxylic acids is 1. The molecular weight excluding hydrogens is 368 g/mol. The van der Waals surface area contributed by atoms with Crippen molar-refractivity contribution in [1.29, 1.82) is 0 Å². The minimum Gasteiger partial charge on any atom is -0.454 e. The summed E-state index contributed by atoms with van der Waals surface area (Å²) in [7, 11) is 0. The molecule has 110 valence electrons. The summed E-state index contributed by atoms with van der Waals surface area (Å²) in [5, 5.41) is 3.36. The highest BCUT2D eigenvalue weighted by molar-refractivity contribution is 9.10. The zero-order valence-electron chi connectivity index (χ0n) is 11.1. The summed E-state index contributed by atoms with van der Waals surface area (Å²) in [6.07, 6.45) is 0. The number of hydrogen-bond donors (Lipinski definition) is 1. The maximum atomic E-state index is 12.2. The van der Waals surface area contributed by atoms with E-state index in [9.17, 15) is 4.79 Å². The van der Waals surface area contributed by atoms with Gasteiger partial charge in [0.2, 0.25) is 6.79 Å². The van der Waals surface area contributed by atoms with Crippen LogP contribution in [0.2, 0.25) is 0 Å². The van der Waals surface area contributed by atoms with Gasteiger partial charge >= 0.3 is 0 Å². The fraction of sp³-hybridized carbons (Fsp3) is 0.0667. The van der Waals surface area contributed by atoms with Crippen LogP contribution in [0.1, 0.15) is 10.4 Å². The number of aromatic nitrogens is 1. The van der Waals surface area contributed by atoms with Crippen LogP contribution in [0.15, 0.2) is 40.9 Å². The first-order chi connectivity index (χ1) is 10.7. The third-order valence-corrected chi connectivity index (χ3v) is 4.62. The average Bonchev–Trinajstić information content (AvgIpc) is 3.09. The number of rotatable bonds is 2. The van der Waals surface area contributed by atoms with Gasteiger partial charge in [-0.25, -0.2) is 4.98 Å². The number of anilines is 1. The van der Waals surface area contributed by atoms with Gasteiger partial charge in [-0.05, 0) is 18.2 Å². The molecule has 0 fully saturated rings. The zero-order valence-corrected chi connectivity index (χ0v) is 13.5. The molecule has 1 amide bonds. The largest absolute Gasteiger partial charge is 0.454 e. The standard InChI is InChI=1S/C15H9BrN2O3S/c16-9-3-1-2-8(4-9)14(19)18-15-17-10-5-11-12(21-7-20-11)6-13(10)22-15/h1-6H,7H2,(H,17,18,19). The molecular formula is C15H9BrN2O3S. The first-order valence-electron chi connectivity index (χ1n) is 6.46. The van der Waals surface area contributed by atoms with E-state index in [4.69, 9.17) is 9.47 Å². The number of nitrogens with one attached hydrogen (secondary N) is 1. The number of carbonyl (C=O) groups is 1. The van der Waals surface area contributed by atoms with Crippen molar-refractivity contribution in [3.8, 4) is 11.5 Å². The summed E-state index contributed by atoms with van der Waals surface area (Å²) in [5.41, 5.74) is 1.35. The summed E-state index contributed by atoms with van der Waals surface area (Å²) in [6, 6.07) is 10.9. The predicted molar refractivity (Wildman–Crippen MR) is 87.8 cm³/mol. The third kappa shape index (κ3) is 2.42. The van der Waals surface area contributed by atoms with Crippen LogP contribution in [-0.4, -0.2) is 17.7 Å². The second kappa shape index (κ2) is 5.26. The molecule has 0 radical (unpaired) electrons. The van der Waals surface area contributed by atoms with Crippen molar-refractivity contribution in [3.63, 3.8) is 0 Å². The maximum Gasteiger partial charge on any atom is 0.257 e. The first-order valence-corrected chi connectivity index (χ1v) is 8.07. The van der Waals surface area contributed by atoms with E-state index in [0.717, 1.165) is 14.7 Å². The molecule has 7 heteroatoms. The molecule has 0 saturated heterocycles. The lowest BCUT2D eigenvalue weighted by Gasteiger charge is -2.01. The quantitative estimate of drug-likeness (QED) is 0.732. The molecule has 1 N–H and O–H groups in total. The van der Waals surface area contributed by atoms with Crippen LogP contribution >= 0.6 is 27.3 Å². The molecule has 0 aliphatic carbocycles. The molecule has 22 heavy (non-hydrogen) atoms. The van der Waals surface area contributed by atoms with E-state index in [1.165, 1.54) is 11.3 Å². The summed E-state index contributed by atoms with van der Waals surface area (Å²) in [4.78, 5) is 16.6. The van der Waals surface area contributed by atoms with Gasteiger partial charge in [-0.15, -0.1) is 0 Å². The van der Waals surface area contributed by atoms with Crippen molar-refractivity contribution >= 4 is 48.5 Å². The van der Waals surface area contributed by atoms with Crippen LogP contribution in [0.25, 0.3) is 10.2 Å². The summed E-state index contributed by atoms with van der Waals surface area (Å²) in [5.74, 6) is 1.20. The van der Waals surface area contributed by atoms with Crippen LogP contribution in [0.4, 0.5) is 5.13 Å². The van der Waals surface area contributed by atoms with Crippen LogP contribution in [0.5, 0.6) is 11.5 Å². The van der Waals surface area contributed by atoms with Gasteiger partial charge in [0.1, 0.15) is 0 Å². The van der Waals surface area contributed by atoms with Crippen LogP contribution in [0.3, 0.4) is 0 Å². The van der Waals surface area contributed by atoms with E-state index in [0.29, 0.717) is 22.2 Å². The Hall–Kier alpha value is -2.12. The van der Waals surface area contributed by atoms with Crippen molar-refractivity contribution < 1.29 is 14.3 Å². The first kappa shape index (κ1) is 13.5. The molecule has 1 aliphatic rings. The third-order valence-electron chi connectivity index (χ3n) is 3.19. The summed E-state index contributed by atoms with van der Waals surface area (Å²) < 4.78 is 12.5. The molecule has 4 rings (SSSR count). The second-order valence-electron chi connectivity index (χ2n) is 4.66. The lowest BCUT2D eigenvalue weighted by atomic mass is 10.2. The summed E-state index contributed by atoms with van der Waals surface area (Å²) >= 11 is 4.75. The van der Waals surface area contributed by atoms with E-state index in [-0.39, 0.29) is 12.7 Å². The van der Waals surface area contributed by atoms with Gasteiger partial charge in [0.25, 0.3) is 5.91 Å². The lowest BCUT2D eigenvalue weighted by Crippen LogP contribution is -2.11. The van der Waals surface area contributed by atoms with Crippen LogP contribution in [-0.2, 0) is 0 Å². The maximum absolute atomic E-state index is 12.2. The highest BCUT2D eigenvalue weighted by Crippen LogP contribution is 2.39. The normalized spacial score (nSPS) is 12.6. The smallest absolute Gasteiger partial charge is 0.257 e. The van der Waals surface area contributed by atoms with E-state index >= 15 is 0 Å². The van der Waals surface area contributed by atoms with E-state index in [2.05, 4.69) is 26.2 Å². The Balaban J connectivity index is 1.63. The SMILES string of the molecule is O=C(Nc1nc2cc3c(cc2s1)OCO3)c1cccc(Br)c1. The molecule has 0 atom stereocenters. The number of amides is 1. The topological polar surface area (TPSA) is 60.5 Å². The molecule has 0 bridgehead atoms. The number of benzene rings is 2. The van der Waals surface area contributed by atoms with Gasteiger partial charge in [0, 0.05) is 22.2 Å². The van der Waals surface area contributed by atoms with Crippen molar-refractivity contribution in [2.45, 2.75) is 0 Å². The number of hydrogen-bond acceptors (Lipinski definition) is 5. The number of ether oxygens (including phenoxy) is 2. The lowest BCUT2D eigenvalue weighted by molar-refractivity contribution is 0.102. The number of thiazole rings is 1. The molecule has 2 heterocycles. The molecule has 1 aliphatic heterocycles. The molecule has 0 unspecified atom stereocenters. The van der Waals surface area contributed by atoms with Gasteiger partial charge in [0.15, 0.2) is 16.6 Å². The molecule has 0 saturated carbocycles. The minimum atomic E-state index is -0.194. The molecule has 5 nitrogen and oxygen atoms in total. The van der Waals surface area contributed by atoms with Crippen molar-refractivity contribution in [3.05, 3.63) is 46.4 Å². The van der Waals surface area contributed by atoms with E-state index in [1.54, 1.807) is 12.1 Å². The van der Waals surface area contributed by atoms with Gasteiger partial charge in [0.05, 0.1) is 10.2 Å². The van der Waals surface area contributed by atoms with E-state index < -0.39 is 0 Å². The Labute approximate surface area is 138 Å². The fourth-order valence-electron chi connectivity index (χ4n) is 2.17. The Morgan fingerprint density at radius 3 is 2.86 bits per heavy atom. The Kier molecular flexibility index (Phi) is 3.24. The number of halogens is 1.